The number of anilines is 1. The molecule has 3 atom stereocenters. The molecule has 1 aromatic heterocycles. The quantitative estimate of drug-likeness (QED) is 0.154. The lowest BCUT2D eigenvalue weighted by Crippen LogP contribution is -2.31. The van der Waals surface area contributed by atoms with E-state index in [0.29, 0.717) is 24.3 Å². The summed E-state index contributed by atoms with van der Waals surface area (Å²) in [5, 5.41) is 29.9. The van der Waals surface area contributed by atoms with Gasteiger partial charge in [0.1, 0.15) is 5.01 Å². The van der Waals surface area contributed by atoms with Crippen molar-refractivity contribution in [3.8, 4) is 0 Å². The van der Waals surface area contributed by atoms with Crippen LogP contribution in [-0.4, -0.2) is 44.2 Å². The summed E-state index contributed by atoms with van der Waals surface area (Å²) in [6.45, 7) is 1.91. The summed E-state index contributed by atoms with van der Waals surface area (Å²) >= 11 is 3.17. The van der Waals surface area contributed by atoms with Gasteiger partial charge >= 0.3 is 0 Å². The number of hydrogen-bond acceptors (Lipinski definition) is 10. The normalized spacial score (nSPS) is 19.2. The highest BCUT2D eigenvalue weighted by atomic mass is 32.2. The Labute approximate surface area is 228 Å². The smallest absolute Gasteiger partial charge is 0.243 e. The number of carbonyl (C=O) groups is 2. The SMILES string of the molecule is Cc1nnc(SC[C@H]2C[C@@H](c3ccc(CO)cc3)O[C@@H](c3ccc(NC(=O)CCCC(=O)NO)cc3)O2)s1. The molecule has 12 heteroatoms. The monoisotopic (exact) mass is 558 g/mol. The van der Waals surface area contributed by atoms with Gasteiger partial charge in [-0.15, -0.1) is 10.2 Å². The van der Waals surface area contributed by atoms with Gasteiger partial charge in [0.2, 0.25) is 11.8 Å². The van der Waals surface area contributed by atoms with E-state index in [-0.39, 0.29) is 37.6 Å². The summed E-state index contributed by atoms with van der Waals surface area (Å²) in [6.07, 6.45) is 0.337. The second kappa shape index (κ2) is 13.8. The van der Waals surface area contributed by atoms with Gasteiger partial charge in [0.05, 0.1) is 18.8 Å². The minimum Gasteiger partial charge on any atom is -0.392 e. The van der Waals surface area contributed by atoms with Crippen molar-refractivity contribution in [2.45, 2.75) is 62.1 Å². The number of aromatic nitrogens is 2. The number of aliphatic hydroxyl groups is 1. The van der Waals surface area contributed by atoms with Crippen molar-refractivity contribution >= 4 is 40.6 Å². The lowest BCUT2D eigenvalue weighted by Gasteiger charge is -2.36. The molecular formula is C26H30N4O6S2. The predicted octanol–water partition coefficient (Wildman–Crippen LogP) is 4.29. The molecule has 4 N–H and O–H groups in total. The first kappa shape index (κ1) is 28.1. The molecule has 0 bridgehead atoms. The third-order valence-electron chi connectivity index (χ3n) is 5.91. The van der Waals surface area contributed by atoms with E-state index in [2.05, 4.69) is 15.5 Å². The van der Waals surface area contributed by atoms with Gasteiger partial charge in [-0.3, -0.25) is 14.8 Å². The van der Waals surface area contributed by atoms with Crippen LogP contribution in [0.1, 0.15) is 59.8 Å². The van der Waals surface area contributed by atoms with Gasteiger partial charge in [0, 0.05) is 36.3 Å². The molecule has 3 aromatic rings. The van der Waals surface area contributed by atoms with Crippen LogP contribution in [0, 0.1) is 6.92 Å². The molecule has 0 spiro atoms. The molecule has 4 rings (SSSR count). The Balaban J connectivity index is 1.41. The van der Waals surface area contributed by atoms with Crippen LogP contribution in [-0.2, 0) is 25.7 Å². The van der Waals surface area contributed by atoms with E-state index < -0.39 is 12.2 Å². The number of thioether (sulfide) groups is 1. The molecule has 0 aliphatic carbocycles. The number of nitrogens with zero attached hydrogens (tertiary/aromatic N) is 2. The molecule has 2 aromatic carbocycles. The van der Waals surface area contributed by atoms with E-state index >= 15 is 0 Å². The zero-order valence-electron chi connectivity index (χ0n) is 20.8. The van der Waals surface area contributed by atoms with E-state index in [9.17, 15) is 14.7 Å². The van der Waals surface area contributed by atoms with Gasteiger partial charge < -0.3 is 19.9 Å². The lowest BCUT2D eigenvalue weighted by atomic mass is 10.0. The van der Waals surface area contributed by atoms with Crippen LogP contribution < -0.4 is 10.8 Å². The Morgan fingerprint density at radius 2 is 1.74 bits per heavy atom. The number of carbonyl (C=O) groups excluding carboxylic acids is 2. The molecule has 10 nitrogen and oxygen atoms in total. The van der Waals surface area contributed by atoms with E-state index in [1.165, 1.54) is 0 Å². The first-order valence-electron chi connectivity index (χ1n) is 12.2. The molecule has 2 heterocycles. The topological polar surface area (TPSA) is 143 Å². The Bertz CT molecular complexity index is 1210. The van der Waals surface area contributed by atoms with Crippen LogP contribution in [0.5, 0.6) is 0 Å². The van der Waals surface area contributed by atoms with E-state index in [1.54, 1.807) is 40.7 Å². The van der Waals surface area contributed by atoms with Crippen LogP contribution in [0.3, 0.4) is 0 Å². The molecule has 2 amide bonds. The molecule has 1 aliphatic rings. The van der Waals surface area contributed by atoms with E-state index in [4.69, 9.17) is 14.7 Å². The number of nitrogens with one attached hydrogen (secondary N) is 2. The third kappa shape index (κ3) is 8.06. The van der Waals surface area contributed by atoms with Gasteiger partial charge in [-0.1, -0.05) is 59.5 Å². The Kier molecular flexibility index (Phi) is 10.2. The van der Waals surface area contributed by atoms with Crippen LogP contribution >= 0.6 is 23.1 Å². The summed E-state index contributed by atoms with van der Waals surface area (Å²) in [7, 11) is 0. The third-order valence-corrected chi connectivity index (χ3v) is 8.02. The van der Waals surface area contributed by atoms with Crippen LogP contribution in [0.15, 0.2) is 52.9 Å². The molecular weight excluding hydrogens is 528 g/mol. The summed E-state index contributed by atoms with van der Waals surface area (Å²) in [5.41, 5.74) is 4.84. The maximum absolute atomic E-state index is 12.2. The van der Waals surface area contributed by atoms with Crippen LogP contribution in [0.4, 0.5) is 5.69 Å². The second-order valence-corrected chi connectivity index (χ2v) is 11.3. The molecule has 1 saturated heterocycles. The van der Waals surface area contributed by atoms with E-state index in [1.807, 2.05) is 43.3 Å². The Morgan fingerprint density at radius 1 is 1.03 bits per heavy atom. The first-order valence-corrected chi connectivity index (χ1v) is 14.0. The zero-order valence-corrected chi connectivity index (χ0v) is 22.5. The van der Waals surface area contributed by atoms with Crippen molar-refractivity contribution in [2.24, 2.45) is 0 Å². The molecule has 38 heavy (non-hydrogen) atoms. The zero-order chi connectivity index (χ0) is 26.9. The largest absolute Gasteiger partial charge is 0.392 e. The number of benzene rings is 2. The number of rotatable bonds is 11. The van der Waals surface area contributed by atoms with Gasteiger partial charge in [0.15, 0.2) is 10.6 Å². The highest BCUT2D eigenvalue weighted by molar-refractivity contribution is 8.01. The standard InChI is InChI=1S/C26H30N4O6S2/c1-16-28-29-26(38-16)37-15-21-13-22(18-7-5-17(14-31)6-8-18)36-25(35-21)19-9-11-20(12-10-19)27-23(32)3-2-4-24(33)30-34/h5-12,21-22,25,31,34H,2-4,13-15H2,1H3,(H,27,32)(H,30,33)/t21-,22+,25+/m1/s1. The van der Waals surface area contributed by atoms with Crippen molar-refractivity contribution in [3.05, 3.63) is 70.2 Å². The summed E-state index contributed by atoms with van der Waals surface area (Å²) in [5.74, 6) is -0.0428. The van der Waals surface area contributed by atoms with Crippen molar-refractivity contribution in [2.75, 3.05) is 11.1 Å². The number of hydrogen-bond donors (Lipinski definition) is 4. The number of aliphatic hydroxyl groups excluding tert-OH is 1. The minimum atomic E-state index is -0.602. The fraction of sp³-hybridized carbons (Fsp3) is 0.385. The van der Waals surface area contributed by atoms with Gasteiger partial charge in [0.25, 0.3) is 0 Å². The Morgan fingerprint density at radius 3 is 2.39 bits per heavy atom. The average Bonchev–Trinajstić information content (AvgIpc) is 3.37. The number of amides is 2. The Hall–Kier alpha value is -2.87. The minimum absolute atomic E-state index is 0.0149. The summed E-state index contributed by atoms with van der Waals surface area (Å²) in [4.78, 5) is 23.3. The van der Waals surface area contributed by atoms with Gasteiger partial charge in [-0.05, 0) is 36.6 Å². The van der Waals surface area contributed by atoms with Crippen molar-refractivity contribution < 1.29 is 29.4 Å². The highest BCUT2D eigenvalue weighted by Gasteiger charge is 2.32. The molecule has 1 aliphatic heterocycles. The number of aryl methyl sites for hydroxylation is 1. The summed E-state index contributed by atoms with van der Waals surface area (Å²) in [6, 6.07) is 15.0. The molecule has 0 saturated carbocycles. The van der Waals surface area contributed by atoms with Crippen molar-refractivity contribution in [1.29, 1.82) is 0 Å². The van der Waals surface area contributed by atoms with Crippen LogP contribution in [0.25, 0.3) is 0 Å². The van der Waals surface area contributed by atoms with Crippen LogP contribution in [0.2, 0.25) is 0 Å². The molecule has 1 fully saturated rings. The average molecular weight is 559 g/mol. The van der Waals surface area contributed by atoms with Gasteiger partial charge in [-0.2, -0.15) is 0 Å². The van der Waals surface area contributed by atoms with Crippen molar-refractivity contribution in [3.63, 3.8) is 0 Å². The van der Waals surface area contributed by atoms with E-state index in [0.717, 1.165) is 26.0 Å². The van der Waals surface area contributed by atoms with Gasteiger partial charge in [-0.25, -0.2) is 5.48 Å². The first-order chi connectivity index (χ1) is 18.4. The summed E-state index contributed by atoms with van der Waals surface area (Å²) < 4.78 is 13.6. The molecule has 202 valence electrons. The predicted molar refractivity (Wildman–Crippen MR) is 143 cm³/mol. The lowest BCUT2D eigenvalue weighted by molar-refractivity contribution is -0.245. The number of ether oxygens (including phenoxy) is 2. The molecule has 0 unspecified atom stereocenters. The highest BCUT2D eigenvalue weighted by Crippen LogP contribution is 2.39. The maximum Gasteiger partial charge on any atom is 0.243 e. The fourth-order valence-corrected chi connectivity index (χ4v) is 5.80. The second-order valence-electron chi connectivity index (χ2n) is 8.81. The maximum atomic E-state index is 12.2. The molecule has 0 radical (unpaired) electrons. The van der Waals surface area contributed by atoms with Crippen molar-refractivity contribution in [1.82, 2.24) is 15.7 Å². The fourth-order valence-electron chi connectivity index (χ4n) is 3.94. The number of hydroxylamine groups is 1.